The van der Waals surface area contributed by atoms with Gasteiger partial charge in [0.05, 0.1) is 56.0 Å². The van der Waals surface area contributed by atoms with Gasteiger partial charge in [0.2, 0.25) is 0 Å². The summed E-state index contributed by atoms with van der Waals surface area (Å²) in [6, 6.07) is 21.5. The molecule has 60 heavy (non-hydrogen) atoms. The highest BCUT2D eigenvalue weighted by Gasteiger charge is 2.24. The molecule has 14 nitrogen and oxygen atoms in total. The number of esters is 1. The fourth-order valence-corrected chi connectivity index (χ4v) is 6.21. The molecule has 16 heteroatoms. The topological polar surface area (TPSA) is 183 Å². The molecule has 0 saturated carbocycles. The molecule has 0 unspecified atom stereocenters. The van der Waals surface area contributed by atoms with Crippen molar-refractivity contribution in [1.82, 2.24) is 40.2 Å². The molecule has 0 aliphatic rings. The van der Waals surface area contributed by atoms with Crippen molar-refractivity contribution >= 4 is 23.5 Å². The molecule has 6 aromatic rings. The van der Waals surface area contributed by atoms with E-state index in [0.29, 0.717) is 12.1 Å². The number of carboxylic acids is 1. The molecule has 0 spiro atoms. The van der Waals surface area contributed by atoms with Gasteiger partial charge in [0.1, 0.15) is 11.6 Å². The second-order valence-electron chi connectivity index (χ2n) is 13.8. The van der Waals surface area contributed by atoms with Crippen molar-refractivity contribution in [2.45, 2.75) is 44.7 Å². The van der Waals surface area contributed by atoms with Gasteiger partial charge in [-0.05, 0) is 91.6 Å². The fraction of sp³-hybridized carbons (Fsp3) is 0.273. The van der Waals surface area contributed by atoms with Gasteiger partial charge >= 0.3 is 11.9 Å². The van der Waals surface area contributed by atoms with Crippen LogP contribution in [0.15, 0.2) is 110 Å². The van der Waals surface area contributed by atoms with Crippen LogP contribution in [0.5, 0.6) is 0 Å². The zero-order chi connectivity index (χ0) is 43.0. The predicted octanol–water partition coefficient (Wildman–Crippen LogP) is 4.52. The Balaban J connectivity index is 0.000000228. The molecule has 3 N–H and O–H groups in total. The summed E-state index contributed by atoms with van der Waals surface area (Å²) in [4.78, 5) is 56.7. The Hall–Kier alpha value is -6.78. The van der Waals surface area contributed by atoms with Crippen LogP contribution in [-0.4, -0.2) is 89.9 Å². The molecule has 0 saturated heterocycles. The zero-order valence-corrected chi connectivity index (χ0v) is 33.4. The standard InChI is InChI=1S/C23H25FN4O3.C21H21FN4O3/c1-3-31-23(30)15-26-21(12-16-4-6-18(24)7-5-16)22(29)14-19-13-20(27-28(19)2)17-8-10-25-11-9-17;1-26-17(11-18(25-26)15-6-8-23-9-7-15)12-20(27)19(24-13-21(28)29)10-14-2-4-16(22)5-3-14/h4-11,13,21,26H,3,12,14-15H2,1-2H3;2-9,11,19,24H,10,12-13H2,1H3,(H,28,29)/t21-;19-/m00/s1. The molecule has 2 atom stereocenters. The van der Waals surface area contributed by atoms with Gasteiger partial charge in [0.25, 0.3) is 0 Å². The SMILES string of the molecule is CCOC(=O)CN[C@@H](Cc1ccc(F)cc1)C(=O)Cc1cc(-c2ccncc2)nn1C.Cn1nc(-c2ccncc2)cc1CC(=O)[C@H](Cc1ccc(F)cc1)NCC(=O)O. The lowest BCUT2D eigenvalue weighted by atomic mass is 9.99. The van der Waals surface area contributed by atoms with E-state index in [9.17, 15) is 28.0 Å². The van der Waals surface area contributed by atoms with E-state index >= 15 is 0 Å². The number of ether oxygens (including phenoxy) is 1. The monoisotopic (exact) mass is 820 g/mol. The van der Waals surface area contributed by atoms with Crippen LogP contribution in [-0.2, 0) is 63.7 Å². The Bertz CT molecular complexity index is 2340. The highest BCUT2D eigenvalue weighted by atomic mass is 19.1. The first-order valence-electron chi connectivity index (χ1n) is 19.1. The van der Waals surface area contributed by atoms with Gasteiger partial charge in [0.15, 0.2) is 11.6 Å². The number of carboxylic acid groups (broad SMARTS) is 1. The molecule has 0 fully saturated rings. The van der Waals surface area contributed by atoms with Gasteiger partial charge < -0.3 is 9.84 Å². The van der Waals surface area contributed by atoms with Crippen LogP contribution >= 0.6 is 0 Å². The Kier molecular flexibility index (Phi) is 16.1. The number of aromatic nitrogens is 6. The van der Waals surface area contributed by atoms with Gasteiger partial charge in [-0.25, -0.2) is 8.78 Å². The summed E-state index contributed by atoms with van der Waals surface area (Å²) in [6.45, 7) is 1.57. The minimum Gasteiger partial charge on any atom is -0.480 e. The third-order valence-corrected chi connectivity index (χ3v) is 9.40. The van der Waals surface area contributed by atoms with Crippen LogP contribution in [0.1, 0.15) is 29.4 Å². The number of carbonyl (C=O) groups is 4. The van der Waals surface area contributed by atoms with Crippen LogP contribution in [0.4, 0.5) is 8.78 Å². The number of carbonyl (C=O) groups excluding carboxylic acids is 3. The normalized spacial score (nSPS) is 11.9. The molecule has 4 heterocycles. The summed E-state index contributed by atoms with van der Waals surface area (Å²) in [5.41, 5.74) is 6.27. The first-order chi connectivity index (χ1) is 28.9. The molecule has 0 aliphatic carbocycles. The lowest BCUT2D eigenvalue weighted by molar-refractivity contribution is -0.142. The quantitative estimate of drug-likeness (QED) is 0.0974. The van der Waals surface area contributed by atoms with E-state index in [4.69, 9.17) is 9.84 Å². The van der Waals surface area contributed by atoms with E-state index < -0.39 is 24.0 Å². The predicted molar refractivity (Wildman–Crippen MR) is 218 cm³/mol. The van der Waals surface area contributed by atoms with E-state index in [0.717, 1.165) is 39.3 Å². The average Bonchev–Trinajstić information content (AvgIpc) is 3.80. The molecular weight excluding hydrogens is 775 g/mol. The van der Waals surface area contributed by atoms with Gasteiger partial charge in [-0.15, -0.1) is 0 Å². The maximum absolute atomic E-state index is 13.2. The van der Waals surface area contributed by atoms with Gasteiger partial charge in [-0.1, -0.05) is 24.3 Å². The van der Waals surface area contributed by atoms with Crippen molar-refractivity contribution in [2.75, 3.05) is 19.7 Å². The molecule has 4 aromatic heterocycles. The van der Waals surface area contributed by atoms with Crippen molar-refractivity contribution in [2.24, 2.45) is 14.1 Å². The summed E-state index contributed by atoms with van der Waals surface area (Å²) < 4.78 is 34.6. The lowest BCUT2D eigenvalue weighted by Crippen LogP contribution is -2.42. The maximum Gasteiger partial charge on any atom is 0.319 e. The van der Waals surface area contributed by atoms with Crippen LogP contribution < -0.4 is 10.6 Å². The zero-order valence-electron chi connectivity index (χ0n) is 33.4. The maximum atomic E-state index is 13.2. The highest BCUT2D eigenvalue weighted by Crippen LogP contribution is 2.20. The summed E-state index contributed by atoms with van der Waals surface area (Å²) in [6.07, 6.45) is 7.53. The van der Waals surface area contributed by atoms with E-state index in [1.807, 2.05) is 36.4 Å². The molecule has 312 valence electrons. The minimum absolute atomic E-state index is 0.0842. The smallest absolute Gasteiger partial charge is 0.319 e. The number of ketones is 2. The number of hydrogen-bond acceptors (Lipinski definition) is 11. The number of aryl methyl sites for hydroxylation is 2. The van der Waals surface area contributed by atoms with Crippen molar-refractivity contribution in [1.29, 1.82) is 0 Å². The van der Waals surface area contributed by atoms with E-state index in [2.05, 4.69) is 30.8 Å². The number of Topliss-reactive ketones (excluding diaryl/α,β-unsaturated/α-hetero) is 2. The third kappa shape index (κ3) is 13.4. The molecule has 0 bridgehead atoms. The molecule has 6 rings (SSSR count). The fourth-order valence-electron chi connectivity index (χ4n) is 6.21. The van der Waals surface area contributed by atoms with E-state index in [1.165, 1.54) is 24.3 Å². The van der Waals surface area contributed by atoms with Crippen LogP contribution in [0, 0.1) is 11.6 Å². The second kappa shape index (κ2) is 21.8. The third-order valence-electron chi connectivity index (χ3n) is 9.40. The number of benzene rings is 2. The Labute approximate surface area is 345 Å². The van der Waals surface area contributed by atoms with Gasteiger partial charge in [0, 0.05) is 61.4 Å². The van der Waals surface area contributed by atoms with Crippen molar-refractivity contribution in [3.05, 3.63) is 144 Å². The van der Waals surface area contributed by atoms with Crippen molar-refractivity contribution < 1.29 is 37.8 Å². The number of pyridine rings is 2. The van der Waals surface area contributed by atoms with Crippen LogP contribution in [0.25, 0.3) is 22.5 Å². The lowest BCUT2D eigenvalue weighted by Gasteiger charge is -2.17. The van der Waals surface area contributed by atoms with Crippen LogP contribution in [0.2, 0.25) is 0 Å². The number of hydrogen-bond donors (Lipinski definition) is 3. The first-order valence-corrected chi connectivity index (χ1v) is 19.1. The van der Waals surface area contributed by atoms with E-state index in [1.54, 1.807) is 79.4 Å². The summed E-state index contributed by atoms with van der Waals surface area (Å²) in [5.74, 6) is -2.46. The first kappa shape index (κ1) is 44.3. The Morgan fingerprint density at radius 1 is 0.650 bits per heavy atom. The largest absolute Gasteiger partial charge is 0.480 e. The Morgan fingerprint density at radius 3 is 1.43 bits per heavy atom. The molecule has 0 radical (unpaired) electrons. The highest BCUT2D eigenvalue weighted by molar-refractivity contribution is 5.87. The van der Waals surface area contributed by atoms with Crippen LogP contribution in [0.3, 0.4) is 0 Å². The van der Waals surface area contributed by atoms with E-state index in [-0.39, 0.29) is 62.2 Å². The van der Waals surface area contributed by atoms with Gasteiger partial charge in [-0.2, -0.15) is 10.2 Å². The molecule has 0 amide bonds. The number of halogens is 2. The summed E-state index contributed by atoms with van der Waals surface area (Å²) in [7, 11) is 3.54. The number of aliphatic carboxylic acids is 1. The molecule has 2 aromatic carbocycles. The number of rotatable bonds is 19. The average molecular weight is 821 g/mol. The summed E-state index contributed by atoms with van der Waals surface area (Å²) >= 11 is 0. The molecule has 0 aliphatic heterocycles. The minimum atomic E-state index is -1.05. The molecular formula is C44H46F2N8O6. The Morgan fingerprint density at radius 2 is 1.05 bits per heavy atom. The second-order valence-corrected chi connectivity index (χ2v) is 13.8. The van der Waals surface area contributed by atoms with Crippen molar-refractivity contribution in [3.8, 4) is 22.5 Å². The number of nitrogens with one attached hydrogen (secondary N) is 2. The summed E-state index contributed by atoms with van der Waals surface area (Å²) in [5, 5.41) is 23.7. The van der Waals surface area contributed by atoms with Crippen molar-refractivity contribution in [3.63, 3.8) is 0 Å². The van der Waals surface area contributed by atoms with Gasteiger partial charge in [-0.3, -0.25) is 49.1 Å². The number of nitrogens with zero attached hydrogens (tertiary/aromatic N) is 6.